The predicted molar refractivity (Wildman–Crippen MR) is 72.4 cm³/mol. The molecule has 2 rings (SSSR count). The molecule has 0 saturated heterocycles. The third kappa shape index (κ3) is 2.93. The molecule has 4 nitrogen and oxygen atoms in total. The van der Waals surface area contributed by atoms with Crippen LogP contribution in [-0.2, 0) is 11.3 Å². The van der Waals surface area contributed by atoms with Crippen LogP contribution in [-0.4, -0.2) is 29.8 Å². The van der Waals surface area contributed by atoms with Crippen molar-refractivity contribution in [3.8, 4) is 0 Å². The SMILES string of the molecule is COCCNCc1cncn1C1CCC(C)C1C. The fourth-order valence-electron chi connectivity index (χ4n) is 2.89. The lowest BCUT2D eigenvalue weighted by molar-refractivity contribution is 0.198. The van der Waals surface area contributed by atoms with Gasteiger partial charge in [0.2, 0.25) is 0 Å². The molecule has 3 unspecified atom stereocenters. The summed E-state index contributed by atoms with van der Waals surface area (Å²) in [6.45, 7) is 7.24. The molecule has 1 aromatic heterocycles. The van der Waals surface area contributed by atoms with Crippen LogP contribution in [0, 0.1) is 11.8 Å². The van der Waals surface area contributed by atoms with Gasteiger partial charge < -0.3 is 14.6 Å². The number of methoxy groups -OCH3 is 1. The molecule has 1 N–H and O–H groups in total. The number of ether oxygens (including phenoxy) is 1. The van der Waals surface area contributed by atoms with Crippen LogP contribution in [0.1, 0.15) is 38.4 Å². The van der Waals surface area contributed by atoms with Crippen LogP contribution in [0.2, 0.25) is 0 Å². The van der Waals surface area contributed by atoms with Gasteiger partial charge in [0.25, 0.3) is 0 Å². The Morgan fingerprint density at radius 1 is 1.44 bits per heavy atom. The quantitative estimate of drug-likeness (QED) is 0.788. The minimum Gasteiger partial charge on any atom is -0.383 e. The highest BCUT2D eigenvalue weighted by atomic mass is 16.5. The minimum absolute atomic E-state index is 0.627. The molecule has 1 heterocycles. The molecular formula is C14H25N3O. The molecule has 1 aliphatic carbocycles. The summed E-state index contributed by atoms with van der Waals surface area (Å²) in [5, 5.41) is 3.39. The van der Waals surface area contributed by atoms with Crippen molar-refractivity contribution >= 4 is 0 Å². The van der Waals surface area contributed by atoms with E-state index in [0.29, 0.717) is 6.04 Å². The summed E-state index contributed by atoms with van der Waals surface area (Å²) in [7, 11) is 1.73. The molecule has 102 valence electrons. The molecule has 0 aromatic carbocycles. The summed E-state index contributed by atoms with van der Waals surface area (Å²) in [6, 6.07) is 0.627. The molecule has 18 heavy (non-hydrogen) atoms. The number of imidazole rings is 1. The van der Waals surface area contributed by atoms with Crippen LogP contribution < -0.4 is 5.32 Å². The smallest absolute Gasteiger partial charge is 0.0951 e. The first-order valence-electron chi connectivity index (χ1n) is 6.94. The van der Waals surface area contributed by atoms with Crippen molar-refractivity contribution in [1.29, 1.82) is 0 Å². The maximum atomic E-state index is 5.04. The molecule has 0 spiro atoms. The molecule has 0 radical (unpaired) electrons. The Balaban J connectivity index is 1.95. The Morgan fingerprint density at radius 2 is 2.28 bits per heavy atom. The van der Waals surface area contributed by atoms with Crippen LogP contribution >= 0.6 is 0 Å². The fraction of sp³-hybridized carbons (Fsp3) is 0.786. The Morgan fingerprint density at radius 3 is 2.94 bits per heavy atom. The summed E-state index contributed by atoms with van der Waals surface area (Å²) in [5.74, 6) is 1.57. The van der Waals surface area contributed by atoms with Gasteiger partial charge in [-0.3, -0.25) is 0 Å². The zero-order chi connectivity index (χ0) is 13.0. The Kier molecular flexibility index (Phi) is 4.78. The molecular weight excluding hydrogens is 226 g/mol. The van der Waals surface area contributed by atoms with E-state index in [-0.39, 0.29) is 0 Å². The lowest BCUT2D eigenvalue weighted by Crippen LogP contribution is -2.22. The highest BCUT2D eigenvalue weighted by Gasteiger charge is 2.31. The van der Waals surface area contributed by atoms with Crippen LogP contribution in [0.5, 0.6) is 0 Å². The van der Waals surface area contributed by atoms with Gasteiger partial charge in [0.15, 0.2) is 0 Å². The second-order valence-electron chi connectivity index (χ2n) is 5.44. The lowest BCUT2D eigenvalue weighted by atomic mass is 9.97. The normalized spacial score (nSPS) is 27.8. The largest absolute Gasteiger partial charge is 0.383 e. The van der Waals surface area contributed by atoms with Gasteiger partial charge in [0.05, 0.1) is 18.6 Å². The summed E-state index contributed by atoms with van der Waals surface area (Å²) in [5.41, 5.74) is 1.29. The summed E-state index contributed by atoms with van der Waals surface area (Å²) in [4.78, 5) is 4.32. The number of rotatable bonds is 6. The van der Waals surface area contributed by atoms with Gasteiger partial charge in [-0.1, -0.05) is 13.8 Å². The third-order valence-corrected chi connectivity index (χ3v) is 4.31. The van der Waals surface area contributed by atoms with E-state index in [1.807, 2.05) is 12.5 Å². The van der Waals surface area contributed by atoms with Gasteiger partial charge in [-0.05, 0) is 24.7 Å². The third-order valence-electron chi connectivity index (χ3n) is 4.31. The van der Waals surface area contributed by atoms with Gasteiger partial charge >= 0.3 is 0 Å². The molecule has 0 bridgehead atoms. The Labute approximate surface area is 110 Å². The van der Waals surface area contributed by atoms with E-state index in [1.54, 1.807) is 7.11 Å². The summed E-state index contributed by atoms with van der Waals surface area (Å²) in [6.07, 6.45) is 6.59. The number of aromatic nitrogens is 2. The van der Waals surface area contributed by atoms with Gasteiger partial charge in [-0.15, -0.1) is 0 Å². The number of nitrogens with zero attached hydrogens (tertiary/aromatic N) is 2. The molecule has 1 aromatic rings. The second-order valence-corrected chi connectivity index (χ2v) is 5.44. The van der Waals surface area contributed by atoms with E-state index in [9.17, 15) is 0 Å². The highest BCUT2D eigenvalue weighted by molar-refractivity contribution is 5.02. The minimum atomic E-state index is 0.627. The monoisotopic (exact) mass is 251 g/mol. The molecule has 1 aliphatic rings. The summed E-state index contributed by atoms with van der Waals surface area (Å²) >= 11 is 0. The number of hydrogen-bond donors (Lipinski definition) is 1. The second kappa shape index (κ2) is 6.34. The van der Waals surface area contributed by atoms with Gasteiger partial charge in [0.1, 0.15) is 0 Å². The molecule has 4 heteroatoms. The fourth-order valence-corrected chi connectivity index (χ4v) is 2.89. The van der Waals surface area contributed by atoms with Gasteiger partial charge in [-0.25, -0.2) is 4.98 Å². The van der Waals surface area contributed by atoms with Crippen molar-refractivity contribution in [3.63, 3.8) is 0 Å². The number of hydrogen-bond acceptors (Lipinski definition) is 3. The molecule has 0 amide bonds. The lowest BCUT2D eigenvalue weighted by Gasteiger charge is -2.22. The molecule has 1 saturated carbocycles. The van der Waals surface area contributed by atoms with Crippen molar-refractivity contribution < 1.29 is 4.74 Å². The molecule has 0 aliphatic heterocycles. The van der Waals surface area contributed by atoms with E-state index >= 15 is 0 Å². The van der Waals surface area contributed by atoms with Crippen molar-refractivity contribution in [3.05, 3.63) is 18.2 Å². The van der Waals surface area contributed by atoms with Crippen LogP contribution in [0.3, 0.4) is 0 Å². The van der Waals surface area contributed by atoms with E-state index in [0.717, 1.165) is 31.5 Å². The highest BCUT2D eigenvalue weighted by Crippen LogP contribution is 2.40. The maximum absolute atomic E-state index is 5.04. The standard InChI is InChI=1S/C14H25N3O/c1-11-4-5-14(12(11)2)17-10-16-9-13(17)8-15-6-7-18-3/h9-12,14-15H,4-8H2,1-3H3. The average molecular weight is 251 g/mol. The Bertz CT molecular complexity index is 364. The van der Waals surface area contributed by atoms with E-state index in [1.165, 1.54) is 18.5 Å². The van der Waals surface area contributed by atoms with E-state index in [4.69, 9.17) is 4.74 Å². The van der Waals surface area contributed by atoms with E-state index < -0.39 is 0 Å². The predicted octanol–water partition coefficient (Wildman–Crippen LogP) is 2.23. The van der Waals surface area contributed by atoms with E-state index in [2.05, 4.69) is 28.7 Å². The first kappa shape index (κ1) is 13.6. The van der Waals surface area contributed by atoms with Crippen LogP contribution in [0.4, 0.5) is 0 Å². The van der Waals surface area contributed by atoms with Crippen molar-refractivity contribution in [2.75, 3.05) is 20.3 Å². The summed E-state index contributed by atoms with van der Waals surface area (Å²) < 4.78 is 7.41. The Hall–Kier alpha value is -0.870. The van der Waals surface area contributed by atoms with Gasteiger partial charge in [-0.2, -0.15) is 0 Å². The van der Waals surface area contributed by atoms with Crippen molar-refractivity contribution in [1.82, 2.24) is 14.9 Å². The topological polar surface area (TPSA) is 39.1 Å². The van der Waals surface area contributed by atoms with Crippen LogP contribution in [0.15, 0.2) is 12.5 Å². The zero-order valence-electron chi connectivity index (χ0n) is 11.7. The first-order chi connectivity index (χ1) is 8.74. The maximum Gasteiger partial charge on any atom is 0.0951 e. The molecule has 3 atom stereocenters. The average Bonchev–Trinajstić information content (AvgIpc) is 2.94. The van der Waals surface area contributed by atoms with Crippen LogP contribution in [0.25, 0.3) is 0 Å². The number of nitrogens with one attached hydrogen (secondary N) is 1. The van der Waals surface area contributed by atoms with Gasteiger partial charge in [0, 0.05) is 32.4 Å². The first-order valence-corrected chi connectivity index (χ1v) is 6.94. The van der Waals surface area contributed by atoms with Crippen molar-refractivity contribution in [2.45, 2.75) is 39.3 Å². The zero-order valence-corrected chi connectivity index (χ0v) is 11.7. The molecule has 1 fully saturated rings. The van der Waals surface area contributed by atoms with Crippen molar-refractivity contribution in [2.24, 2.45) is 11.8 Å².